The van der Waals surface area contributed by atoms with Crippen LogP contribution in [0.4, 0.5) is 0 Å². The first kappa shape index (κ1) is 14.7. The number of benzene rings is 2. The fourth-order valence-corrected chi connectivity index (χ4v) is 2.92. The van der Waals surface area contributed by atoms with Crippen molar-refractivity contribution in [3.63, 3.8) is 0 Å². The lowest BCUT2D eigenvalue weighted by molar-refractivity contribution is -0.140. The van der Waals surface area contributed by atoms with Crippen LogP contribution < -0.4 is 0 Å². The SMILES string of the molecule is COC(=O)C[C@H](c1ccccc1)c1c[nH]c2ccc(Cl)cc12. The number of aromatic amines is 1. The van der Waals surface area contributed by atoms with Gasteiger partial charge < -0.3 is 9.72 Å². The number of carbonyl (C=O) groups excluding carboxylic acids is 1. The third-order valence-electron chi connectivity index (χ3n) is 3.85. The summed E-state index contributed by atoms with van der Waals surface area (Å²) in [5.41, 5.74) is 3.13. The van der Waals surface area contributed by atoms with E-state index in [4.69, 9.17) is 16.3 Å². The Balaban J connectivity index is 2.11. The van der Waals surface area contributed by atoms with Gasteiger partial charge in [0.2, 0.25) is 0 Å². The van der Waals surface area contributed by atoms with Crippen LogP contribution in [0.15, 0.2) is 54.7 Å². The Hall–Kier alpha value is -2.26. The van der Waals surface area contributed by atoms with Gasteiger partial charge in [-0.1, -0.05) is 41.9 Å². The van der Waals surface area contributed by atoms with E-state index in [2.05, 4.69) is 4.98 Å². The van der Waals surface area contributed by atoms with Crippen LogP contribution in [0.25, 0.3) is 10.9 Å². The lowest BCUT2D eigenvalue weighted by Crippen LogP contribution is -2.09. The van der Waals surface area contributed by atoms with Crippen LogP contribution in [-0.2, 0) is 9.53 Å². The second kappa shape index (κ2) is 6.24. The average molecular weight is 314 g/mol. The lowest BCUT2D eigenvalue weighted by Gasteiger charge is -2.16. The molecule has 1 aromatic heterocycles. The van der Waals surface area contributed by atoms with E-state index in [0.717, 1.165) is 22.0 Å². The van der Waals surface area contributed by atoms with Gasteiger partial charge in [-0.15, -0.1) is 0 Å². The van der Waals surface area contributed by atoms with E-state index in [1.165, 1.54) is 7.11 Å². The first-order valence-corrected chi connectivity index (χ1v) is 7.45. The molecule has 1 heterocycles. The highest BCUT2D eigenvalue weighted by molar-refractivity contribution is 6.31. The van der Waals surface area contributed by atoms with Gasteiger partial charge in [-0.05, 0) is 29.3 Å². The van der Waals surface area contributed by atoms with Crippen LogP contribution in [0.1, 0.15) is 23.5 Å². The minimum Gasteiger partial charge on any atom is -0.469 e. The molecule has 3 aromatic rings. The lowest BCUT2D eigenvalue weighted by atomic mass is 9.88. The fraction of sp³-hybridized carbons (Fsp3) is 0.167. The van der Waals surface area contributed by atoms with Crippen LogP contribution in [0.3, 0.4) is 0 Å². The molecule has 0 aliphatic rings. The molecule has 0 aliphatic heterocycles. The van der Waals surface area contributed by atoms with Gasteiger partial charge in [-0.3, -0.25) is 4.79 Å². The van der Waals surface area contributed by atoms with Crippen molar-refractivity contribution in [2.45, 2.75) is 12.3 Å². The quantitative estimate of drug-likeness (QED) is 0.720. The molecule has 1 atom stereocenters. The molecular weight excluding hydrogens is 298 g/mol. The van der Waals surface area contributed by atoms with E-state index in [9.17, 15) is 4.79 Å². The highest BCUT2D eigenvalue weighted by atomic mass is 35.5. The van der Waals surface area contributed by atoms with E-state index in [0.29, 0.717) is 11.4 Å². The Labute approximate surface area is 133 Å². The Bertz CT molecular complexity index is 795. The molecule has 0 fully saturated rings. The minimum atomic E-state index is -0.231. The standard InChI is InChI=1S/C18H16ClNO2/c1-22-18(21)10-14(12-5-3-2-4-6-12)16-11-20-17-8-7-13(19)9-15(16)17/h2-9,11,14,20H,10H2,1H3/t14-/m1/s1. The third kappa shape index (κ3) is 2.85. The molecule has 112 valence electrons. The first-order chi connectivity index (χ1) is 10.7. The number of hydrogen-bond donors (Lipinski definition) is 1. The second-order valence-electron chi connectivity index (χ2n) is 5.18. The third-order valence-corrected chi connectivity index (χ3v) is 4.09. The van der Waals surface area contributed by atoms with Crippen molar-refractivity contribution < 1.29 is 9.53 Å². The summed E-state index contributed by atoms with van der Waals surface area (Å²) >= 11 is 6.13. The Morgan fingerprint density at radius 3 is 2.73 bits per heavy atom. The monoisotopic (exact) mass is 313 g/mol. The summed E-state index contributed by atoms with van der Waals surface area (Å²) in [6.45, 7) is 0. The summed E-state index contributed by atoms with van der Waals surface area (Å²) in [5, 5.41) is 1.71. The summed E-state index contributed by atoms with van der Waals surface area (Å²) < 4.78 is 4.86. The molecule has 0 radical (unpaired) electrons. The van der Waals surface area contributed by atoms with Crippen molar-refractivity contribution in [3.05, 3.63) is 70.9 Å². The summed E-state index contributed by atoms with van der Waals surface area (Å²) in [6.07, 6.45) is 2.24. The molecule has 4 heteroatoms. The maximum Gasteiger partial charge on any atom is 0.306 e. The van der Waals surface area contributed by atoms with Crippen molar-refractivity contribution in [3.8, 4) is 0 Å². The summed E-state index contributed by atoms with van der Waals surface area (Å²) in [6, 6.07) is 15.7. The van der Waals surface area contributed by atoms with Gasteiger partial charge in [0.15, 0.2) is 0 Å². The zero-order chi connectivity index (χ0) is 15.5. The molecule has 0 saturated heterocycles. The molecule has 0 saturated carbocycles. The first-order valence-electron chi connectivity index (χ1n) is 7.07. The van der Waals surface area contributed by atoms with E-state index in [1.54, 1.807) is 0 Å². The topological polar surface area (TPSA) is 42.1 Å². The summed E-state index contributed by atoms with van der Waals surface area (Å²) in [7, 11) is 1.41. The molecule has 22 heavy (non-hydrogen) atoms. The van der Waals surface area contributed by atoms with Gasteiger partial charge in [0, 0.05) is 28.0 Å². The molecule has 0 unspecified atom stereocenters. The number of H-pyrrole nitrogens is 1. The Morgan fingerprint density at radius 1 is 1.23 bits per heavy atom. The largest absolute Gasteiger partial charge is 0.469 e. The van der Waals surface area contributed by atoms with Crippen LogP contribution >= 0.6 is 11.6 Å². The van der Waals surface area contributed by atoms with E-state index in [1.807, 2.05) is 54.7 Å². The Kier molecular flexibility index (Phi) is 4.16. The number of esters is 1. The van der Waals surface area contributed by atoms with Crippen molar-refractivity contribution in [1.82, 2.24) is 4.98 Å². The molecule has 3 rings (SSSR count). The molecule has 0 bridgehead atoms. The van der Waals surface area contributed by atoms with Gasteiger partial charge >= 0.3 is 5.97 Å². The predicted octanol–water partition coefficient (Wildman–Crippen LogP) is 4.52. The normalized spacial score (nSPS) is 12.3. The highest BCUT2D eigenvalue weighted by Crippen LogP contribution is 2.34. The van der Waals surface area contributed by atoms with E-state index >= 15 is 0 Å². The average Bonchev–Trinajstić information content (AvgIpc) is 2.96. The van der Waals surface area contributed by atoms with Crippen LogP contribution in [0, 0.1) is 0 Å². The number of halogens is 1. The van der Waals surface area contributed by atoms with Gasteiger partial charge in [-0.2, -0.15) is 0 Å². The molecule has 2 aromatic carbocycles. The number of aromatic nitrogens is 1. The molecule has 0 aliphatic carbocycles. The smallest absolute Gasteiger partial charge is 0.306 e. The van der Waals surface area contributed by atoms with Crippen molar-refractivity contribution in [2.75, 3.05) is 7.11 Å². The van der Waals surface area contributed by atoms with Gasteiger partial charge in [0.1, 0.15) is 0 Å². The number of nitrogens with one attached hydrogen (secondary N) is 1. The van der Waals surface area contributed by atoms with Crippen LogP contribution in [0.5, 0.6) is 0 Å². The Morgan fingerprint density at radius 2 is 2.00 bits per heavy atom. The van der Waals surface area contributed by atoms with Crippen LogP contribution in [0.2, 0.25) is 5.02 Å². The summed E-state index contributed by atoms with van der Waals surface area (Å²) in [5.74, 6) is -0.300. The van der Waals surface area contributed by atoms with E-state index in [-0.39, 0.29) is 11.9 Å². The number of ether oxygens (including phenoxy) is 1. The van der Waals surface area contributed by atoms with E-state index < -0.39 is 0 Å². The number of carbonyl (C=O) groups is 1. The van der Waals surface area contributed by atoms with Gasteiger partial charge in [0.25, 0.3) is 0 Å². The number of rotatable bonds is 4. The minimum absolute atomic E-state index is 0.0686. The molecule has 1 N–H and O–H groups in total. The molecular formula is C18H16ClNO2. The molecule has 0 amide bonds. The predicted molar refractivity (Wildman–Crippen MR) is 88.2 cm³/mol. The van der Waals surface area contributed by atoms with Gasteiger partial charge in [0.05, 0.1) is 13.5 Å². The second-order valence-corrected chi connectivity index (χ2v) is 5.61. The maximum atomic E-state index is 11.8. The van der Waals surface area contributed by atoms with Crippen LogP contribution in [-0.4, -0.2) is 18.1 Å². The van der Waals surface area contributed by atoms with Gasteiger partial charge in [-0.25, -0.2) is 0 Å². The van der Waals surface area contributed by atoms with Crippen molar-refractivity contribution >= 4 is 28.5 Å². The maximum absolute atomic E-state index is 11.8. The van der Waals surface area contributed by atoms with Crippen molar-refractivity contribution in [2.24, 2.45) is 0 Å². The molecule has 0 spiro atoms. The number of hydrogen-bond acceptors (Lipinski definition) is 2. The number of fused-ring (bicyclic) bond motifs is 1. The number of methoxy groups -OCH3 is 1. The molecule has 3 nitrogen and oxygen atoms in total. The zero-order valence-corrected chi connectivity index (χ0v) is 12.9. The highest BCUT2D eigenvalue weighted by Gasteiger charge is 2.21. The van der Waals surface area contributed by atoms with Crippen molar-refractivity contribution in [1.29, 1.82) is 0 Å². The summed E-state index contributed by atoms with van der Waals surface area (Å²) in [4.78, 5) is 15.1. The zero-order valence-electron chi connectivity index (χ0n) is 12.2. The fourth-order valence-electron chi connectivity index (χ4n) is 2.75.